The molecule has 1 heterocycles. The summed E-state index contributed by atoms with van der Waals surface area (Å²) in [5.74, 6) is -0.414. The summed E-state index contributed by atoms with van der Waals surface area (Å²) in [5.41, 5.74) is 1.87. The van der Waals surface area contributed by atoms with Crippen LogP contribution in [0.2, 0.25) is 0 Å². The molecule has 0 fully saturated rings. The number of rotatable bonds is 5. The molecule has 0 bridgehead atoms. The van der Waals surface area contributed by atoms with Gasteiger partial charge in [0.25, 0.3) is 0 Å². The second-order valence-corrected chi connectivity index (χ2v) is 5.61. The predicted octanol–water partition coefficient (Wildman–Crippen LogP) is 3.87. The van der Waals surface area contributed by atoms with Gasteiger partial charge in [0.2, 0.25) is 0 Å². The number of phenolic OH excluding ortho intramolecular Hbond substituents is 1. The van der Waals surface area contributed by atoms with Crippen molar-refractivity contribution < 1.29 is 9.50 Å². The molecule has 0 amide bonds. The Morgan fingerprint density at radius 1 is 1.32 bits per heavy atom. The lowest BCUT2D eigenvalue weighted by molar-refractivity contribution is 0.449. The van der Waals surface area contributed by atoms with Crippen molar-refractivity contribution in [2.45, 2.75) is 32.4 Å². The van der Waals surface area contributed by atoms with Crippen molar-refractivity contribution in [2.24, 2.45) is 0 Å². The van der Waals surface area contributed by atoms with Gasteiger partial charge in [0, 0.05) is 23.7 Å². The maximum Gasteiger partial charge on any atom is 0.131 e. The van der Waals surface area contributed by atoms with Gasteiger partial charge in [-0.15, -0.1) is 0 Å². The lowest BCUT2D eigenvalue weighted by Gasteiger charge is -2.20. The van der Waals surface area contributed by atoms with Crippen molar-refractivity contribution in [3.8, 4) is 5.75 Å². The van der Waals surface area contributed by atoms with Gasteiger partial charge in [-0.2, -0.15) is 11.3 Å². The summed E-state index contributed by atoms with van der Waals surface area (Å²) in [5, 5.41) is 16.8. The Kier molecular flexibility index (Phi) is 4.56. The Bertz CT molecular complexity index is 527. The van der Waals surface area contributed by atoms with E-state index in [1.54, 1.807) is 17.4 Å². The molecule has 0 radical (unpaired) electrons. The van der Waals surface area contributed by atoms with Crippen molar-refractivity contribution >= 4 is 11.3 Å². The van der Waals surface area contributed by atoms with E-state index in [4.69, 9.17) is 0 Å². The number of benzene rings is 1. The number of nitrogens with one attached hydrogen (secondary N) is 1. The highest BCUT2D eigenvalue weighted by Crippen LogP contribution is 2.21. The highest BCUT2D eigenvalue weighted by molar-refractivity contribution is 7.07. The fourth-order valence-corrected chi connectivity index (χ4v) is 2.89. The maximum atomic E-state index is 13.7. The molecule has 2 unspecified atom stereocenters. The Labute approximate surface area is 116 Å². The minimum atomic E-state index is -0.372. The average Bonchev–Trinajstić information content (AvgIpc) is 2.81. The fourth-order valence-electron chi connectivity index (χ4n) is 2.21. The van der Waals surface area contributed by atoms with E-state index in [0.29, 0.717) is 5.56 Å². The van der Waals surface area contributed by atoms with Crippen LogP contribution in [0.15, 0.2) is 35.0 Å². The zero-order chi connectivity index (χ0) is 13.8. The third-order valence-electron chi connectivity index (χ3n) is 3.11. The highest BCUT2D eigenvalue weighted by Gasteiger charge is 2.14. The van der Waals surface area contributed by atoms with Crippen molar-refractivity contribution in [3.63, 3.8) is 0 Å². The smallest absolute Gasteiger partial charge is 0.131 e. The van der Waals surface area contributed by atoms with E-state index in [0.717, 1.165) is 12.5 Å². The van der Waals surface area contributed by atoms with Crippen LogP contribution < -0.4 is 5.32 Å². The first kappa shape index (κ1) is 14.0. The second-order valence-electron chi connectivity index (χ2n) is 4.83. The Morgan fingerprint density at radius 2 is 2.11 bits per heavy atom. The van der Waals surface area contributed by atoms with Gasteiger partial charge >= 0.3 is 0 Å². The number of phenols is 1. The second kappa shape index (κ2) is 6.17. The maximum absolute atomic E-state index is 13.7. The van der Waals surface area contributed by atoms with Crippen LogP contribution in [0.25, 0.3) is 0 Å². The molecule has 2 rings (SSSR count). The van der Waals surface area contributed by atoms with Crippen LogP contribution in [0.1, 0.15) is 31.0 Å². The molecular formula is C15H18FNOS. The molecule has 0 aliphatic rings. The van der Waals surface area contributed by atoms with E-state index in [2.05, 4.69) is 29.1 Å². The van der Waals surface area contributed by atoms with Crippen LogP contribution in [0.4, 0.5) is 4.39 Å². The zero-order valence-corrected chi connectivity index (χ0v) is 11.9. The monoisotopic (exact) mass is 279 g/mol. The topological polar surface area (TPSA) is 32.3 Å². The van der Waals surface area contributed by atoms with E-state index >= 15 is 0 Å². The summed E-state index contributed by atoms with van der Waals surface area (Å²) >= 11 is 1.69. The van der Waals surface area contributed by atoms with Gasteiger partial charge in [-0.3, -0.25) is 0 Å². The van der Waals surface area contributed by atoms with Crippen LogP contribution in [-0.4, -0.2) is 11.1 Å². The van der Waals surface area contributed by atoms with Gasteiger partial charge in [0.15, 0.2) is 0 Å². The fraction of sp³-hybridized carbons (Fsp3) is 0.333. The molecule has 1 aromatic carbocycles. The number of hydrogen-bond donors (Lipinski definition) is 2. The Hall–Kier alpha value is -1.39. The first-order valence-corrected chi connectivity index (χ1v) is 7.26. The van der Waals surface area contributed by atoms with Gasteiger partial charge in [0.1, 0.15) is 11.6 Å². The van der Waals surface area contributed by atoms with Crippen LogP contribution >= 0.6 is 11.3 Å². The number of thiophene rings is 1. The molecule has 0 saturated carbocycles. The third-order valence-corrected chi connectivity index (χ3v) is 3.84. The zero-order valence-electron chi connectivity index (χ0n) is 11.1. The summed E-state index contributed by atoms with van der Waals surface area (Å²) in [6, 6.07) is 6.57. The standard InChI is InChI=1S/C15H18FNOS/c1-10(7-12-5-6-19-9-12)17-11(2)14-4-3-13(18)8-15(14)16/h3-6,8-11,17-18H,7H2,1-2H3. The van der Waals surface area contributed by atoms with Gasteiger partial charge in [-0.1, -0.05) is 6.07 Å². The van der Waals surface area contributed by atoms with E-state index in [1.807, 2.05) is 6.92 Å². The number of halogens is 1. The molecule has 102 valence electrons. The molecule has 4 heteroatoms. The summed E-state index contributed by atoms with van der Waals surface area (Å²) in [6.45, 7) is 4.02. The summed E-state index contributed by atoms with van der Waals surface area (Å²) < 4.78 is 13.7. The SMILES string of the molecule is CC(Cc1ccsc1)NC(C)c1ccc(O)cc1F. The van der Waals surface area contributed by atoms with E-state index < -0.39 is 0 Å². The summed E-state index contributed by atoms with van der Waals surface area (Å²) in [6.07, 6.45) is 0.924. The van der Waals surface area contributed by atoms with Crippen molar-refractivity contribution in [2.75, 3.05) is 0 Å². The summed E-state index contributed by atoms with van der Waals surface area (Å²) in [4.78, 5) is 0. The number of aromatic hydroxyl groups is 1. The van der Waals surface area contributed by atoms with Crippen molar-refractivity contribution in [3.05, 3.63) is 52.0 Å². The largest absolute Gasteiger partial charge is 0.508 e. The van der Waals surface area contributed by atoms with Gasteiger partial charge in [-0.05, 0) is 48.7 Å². The Balaban J connectivity index is 1.98. The van der Waals surface area contributed by atoms with E-state index in [1.165, 1.54) is 11.6 Å². The minimum Gasteiger partial charge on any atom is -0.508 e. The Morgan fingerprint density at radius 3 is 2.74 bits per heavy atom. The lowest BCUT2D eigenvalue weighted by atomic mass is 10.0. The quantitative estimate of drug-likeness (QED) is 0.870. The van der Waals surface area contributed by atoms with E-state index in [-0.39, 0.29) is 23.7 Å². The van der Waals surface area contributed by atoms with Crippen LogP contribution in [0, 0.1) is 5.82 Å². The highest BCUT2D eigenvalue weighted by atomic mass is 32.1. The van der Waals surface area contributed by atoms with Crippen molar-refractivity contribution in [1.82, 2.24) is 5.32 Å². The molecule has 19 heavy (non-hydrogen) atoms. The molecule has 0 spiro atoms. The molecule has 0 aliphatic heterocycles. The van der Waals surface area contributed by atoms with Gasteiger partial charge in [0.05, 0.1) is 0 Å². The average molecular weight is 279 g/mol. The molecule has 2 atom stereocenters. The van der Waals surface area contributed by atoms with Crippen LogP contribution in [-0.2, 0) is 6.42 Å². The van der Waals surface area contributed by atoms with E-state index in [9.17, 15) is 9.50 Å². The molecule has 2 aromatic rings. The first-order valence-electron chi connectivity index (χ1n) is 6.32. The number of hydrogen-bond acceptors (Lipinski definition) is 3. The molecule has 2 nitrogen and oxygen atoms in total. The van der Waals surface area contributed by atoms with Crippen LogP contribution in [0.3, 0.4) is 0 Å². The summed E-state index contributed by atoms with van der Waals surface area (Å²) in [7, 11) is 0. The molecule has 0 aliphatic carbocycles. The molecule has 0 saturated heterocycles. The lowest BCUT2D eigenvalue weighted by Crippen LogP contribution is -2.31. The minimum absolute atomic E-state index is 0.0419. The molecular weight excluding hydrogens is 261 g/mol. The van der Waals surface area contributed by atoms with Gasteiger partial charge in [-0.25, -0.2) is 4.39 Å². The van der Waals surface area contributed by atoms with Gasteiger partial charge < -0.3 is 10.4 Å². The molecule has 2 N–H and O–H groups in total. The molecule has 1 aromatic heterocycles. The normalized spacial score (nSPS) is 14.3. The van der Waals surface area contributed by atoms with Crippen LogP contribution in [0.5, 0.6) is 5.75 Å². The van der Waals surface area contributed by atoms with Crippen molar-refractivity contribution in [1.29, 1.82) is 0 Å². The predicted molar refractivity (Wildman–Crippen MR) is 77.1 cm³/mol. The third kappa shape index (κ3) is 3.78. The first-order chi connectivity index (χ1) is 9.06.